The summed E-state index contributed by atoms with van der Waals surface area (Å²) in [6, 6.07) is 5.70. The van der Waals surface area contributed by atoms with Crippen LogP contribution in [0.1, 0.15) is 12.5 Å². The first-order valence-corrected chi connectivity index (χ1v) is 6.14. The van der Waals surface area contributed by atoms with Gasteiger partial charge in [0.25, 0.3) is 0 Å². The standard InChI is InChI=1S/C12H14ClN5O/c1-3-19-12-17-10(14)16-11(18-12)15-9-6-8(13)5-4-7(9)2/h4-6H,3H2,1-2H3,(H3,14,15,16,17,18). The molecule has 1 heterocycles. The van der Waals surface area contributed by atoms with Crippen LogP contribution < -0.4 is 15.8 Å². The van der Waals surface area contributed by atoms with Crippen LogP contribution in [0.3, 0.4) is 0 Å². The fourth-order valence-electron chi connectivity index (χ4n) is 1.47. The number of hydrogen-bond acceptors (Lipinski definition) is 6. The molecule has 0 aliphatic carbocycles. The maximum Gasteiger partial charge on any atom is 0.323 e. The van der Waals surface area contributed by atoms with E-state index in [2.05, 4.69) is 20.3 Å². The molecule has 0 saturated carbocycles. The monoisotopic (exact) mass is 279 g/mol. The Morgan fingerprint density at radius 3 is 2.84 bits per heavy atom. The predicted octanol–water partition coefficient (Wildman–Crippen LogP) is 2.56. The minimum absolute atomic E-state index is 0.0978. The lowest BCUT2D eigenvalue weighted by Crippen LogP contribution is -2.07. The van der Waals surface area contributed by atoms with Crippen LogP contribution >= 0.6 is 11.6 Å². The molecule has 0 spiro atoms. The maximum absolute atomic E-state index is 5.95. The molecule has 2 rings (SSSR count). The largest absolute Gasteiger partial charge is 0.464 e. The van der Waals surface area contributed by atoms with Crippen molar-refractivity contribution in [2.75, 3.05) is 17.7 Å². The minimum atomic E-state index is 0.0978. The van der Waals surface area contributed by atoms with Crippen molar-refractivity contribution in [2.24, 2.45) is 0 Å². The van der Waals surface area contributed by atoms with E-state index in [9.17, 15) is 0 Å². The summed E-state index contributed by atoms with van der Waals surface area (Å²) in [7, 11) is 0. The molecule has 0 radical (unpaired) electrons. The van der Waals surface area contributed by atoms with Crippen molar-refractivity contribution in [1.82, 2.24) is 15.0 Å². The number of aryl methyl sites for hydroxylation is 1. The van der Waals surface area contributed by atoms with Crippen molar-refractivity contribution in [1.29, 1.82) is 0 Å². The average molecular weight is 280 g/mol. The van der Waals surface area contributed by atoms with Gasteiger partial charge in [-0.2, -0.15) is 15.0 Å². The fourth-order valence-corrected chi connectivity index (χ4v) is 1.64. The van der Waals surface area contributed by atoms with Crippen molar-refractivity contribution in [3.63, 3.8) is 0 Å². The van der Waals surface area contributed by atoms with Crippen molar-refractivity contribution in [3.8, 4) is 6.01 Å². The van der Waals surface area contributed by atoms with Crippen LogP contribution in [0, 0.1) is 6.92 Å². The molecule has 0 aliphatic rings. The van der Waals surface area contributed by atoms with Gasteiger partial charge in [-0.05, 0) is 31.5 Å². The van der Waals surface area contributed by atoms with Gasteiger partial charge in [-0.3, -0.25) is 0 Å². The highest BCUT2D eigenvalue weighted by Gasteiger charge is 2.07. The zero-order valence-corrected chi connectivity index (χ0v) is 11.4. The van der Waals surface area contributed by atoms with E-state index in [1.807, 2.05) is 26.0 Å². The zero-order valence-electron chi connectivity index (χ0n) is 10.6. The fraction of sp³-hybridized carbons (Fsp3) is 0.250. The molecule has 0 fully saturated rings. The summed E-state index contributed by atoms with van der Waals surface area (Å²) in [4.78, 5) is 12.0. The van der Waals surface area contributed by atoms with E-state index in [4.69, 9.17) is 22.1 Å². The second kappa shape index (κ2) is 5.71. The van der Waals surface area contributed by atoms with E-state index in [0.29, 0.717) is 17.6 Å². The van der Waals surface area contributed by atoms with Gasteiger partial charge in [-0.25, -0.2) is 0 Å². The van der Waals surface area contributed by atoms with Crippen molar-refractivity contribution < 1.29 is 4.74 Å². The molecule has 1 aromatic carbocycles. The van der Waals surface area contributed by atoms with Crippen molar-refractivity contribution in [3.05, 3.63) is 28.8 Å². The molecule has 6 nitrogen and oxygen atoms in total. The first kappa shape index (κ1) is 13.4. The van der Waals surface area contributed by atoms with Crippen LogP contribution in [0.5, 0.6) is 6.01 Å². The minimum Gasteiger partial charge on any atom is -0.464 e. The number of hydrogen-bond donors (Lipinski definition) is 2. The van der Waals surface area contributed by atoms with Gasteiger partial charge in [0.05, 0.1) is 6.61 Å². The van der Waals surface area contributed by atoms with Gasteiger partial charge in [0.15, 0.2) is 0 Å². The SMILES string of the molecule is CCOc1nc(N)nc(Nc2cc(Cl)ccc2C)n1. The summed E-state index contributed by atoms with van der Waals surface area (Å²) in [5.41, 5.74) is 7.42. The van der Waals surface area contributed by atoms with Crippen LogP contribution in [0.15, 0.2) is 18.2 Å². The number of benzene rings is 1. The number of rotatable bonds is 4. The first-order chi connectivity index (χ1) is 9.08. The van der Waals surface area contributed by atoms with Crippen molar-refractivity contribution >= 4 is 29.2 Å². The van der Waals surface area contributed by atoms with Crippen LogP contribution in [-0.4, -0.2) is 21.6 Å². The average Bonchev–Trinajstić information content (AvgIpc) is 2.33. The molecule has 1 aromatic heterocycles. The van der Waals surface area contributed by atoms with E-state index < -0.39 is 0 Å². The Hall–Kier alpha value is -2.08. The first-order valence-electron chi connectivity index (χ1n) is 5.76. The van der Waals surface area contributed by atoms with Gasteiger partial charge in [0.1, 0.15) is 0 Å². The third-order valence-corrected chi connectivity index (χ3v) is 2.59. The number of nitrogens with one attached hydrogen (secondary N) is 1. The third-order valence-electron chi connectivity index (χ3n) is 2.35. The zero-order chi connectivity index (χ0) is 13.8. The Morgan fingerprint density at radius 1 is 1.32 bits per heavy atom. The molecule has 0 amide bonds. The summed E-state index contributed by atoms with van der Waals surface area (Å²) < 4.78 is 5.21. The van der Waals surface area contributed by atoms with Gasteiger partial charge in [0, 0.05) is 10.7 Å². The van der Waals surface area contributed by atoms with Crippen molar-refractivity contribution in [2.45, 2.75) is 13.8 Å². The molecule has 0 unspecified atom stereocenters. The Kier molecular flexibility index (Phi) is 4.01. The molecule has 0 saturated heterocycles. The molecule has 0 aliphatic heterocycles. The Morgan fingerprint density at radius 2 is 2.11 bits per heavy atom. The lowest BCUT2D eigenvalue weighted by Gasteiger charge is -2.09. The molecular formula is C12H14ClN5O. The summed E-state index contributed by atoms with van der Waals surface area (Å²) >= 11 is 5.95. The lowest BCUT2D eigenvalue weighted by atomic mass is 10.2. The highest BCUT2D eigenvalue weighted by molar-refractivity contribution is 6.30. The second-order valence-electron chi connectivity index (χ2n) is 3.82. The molecule has 7 heteroatoms. The lowest BCUT2D eigenvalue weighted by molar-refractivity contribution is 0.312. The number of nitrogens with two attached hydrogens (primary N) is 1. The van der Waals surface area contributed by atoms with Gasteiger partial charge >= 0.3 is 6.01 Å². The summed E-state index contributed by atoms with van der Waals surface area (Å²) in [5, 5.41) is 3.67. The van der Waals surface area contributed by atoms with E-state index in [0.717, 1.165) is 11.3 Å². The van der Waals surface area contributed by atoms with E-state index in [-0.39, 0.29) is 12.0 Å². The molecule has 0 atom stereocenters. The molecule has 0 bridgehead atoms. The number of halogens is 1. The topological polar surface area (TPSA) is 86.0 Å². The van der Waals surface area contributed by atoms with Crippen LogP contribution in [0.2, 0.25) is 5.02 Å². The Bertz CT molecular complexity index is 590. The van der Waals surface area contributed by atoms with Crippen LogP contribution in [-0.2, 0) is 0 Å². The number of nitrogens with zero attached hydrogens (tertiary/aromatic N) is 3. The normalized spacial score (nSPS) is 10.3. The molecule has 3 N–H and O–H groups in total. The number of anilines is 3. The highest BCUT2D eigenvalue weighted by Crippen LogP contribution is 2.23. The smallest absolute Gasteiger partial charge is 0.323 e. The second-order valence-corrected chi connectivity index (χ2v) is 4.25. The van der Waals surface area contributed by atoms with E-state index in [1.54, 1.807) is 6.07 Å². The predicted molar refractivity (Wildman–Crippen MR) is 74.9 cm³/mol. The summed E-state index contributed by atoms with van der Waals surface area (Å²) in [5.74, 6) is 0.418. The Labute approximate surface area is 116 Å². The number of aromatic nitrogens is 3. The summed E-state index contributed by atoms with van der Waals surface area (Å²) in [6.45, 7) is 4.25. The van der Waals surface area contributed by atoms with Gasteiger partial charge < -0.3 is 15.8 Å². The van der Waals surface area contributed by atoms with Gasteiger partial charge in [-0.1, -0.05) is 17.7 Å². The number of ether oxygens (including phenoxy) is 1. The van der Waals surface area contributed by atoms with E-state index in [1.165, 1.54) is 0 Å². The van der Waals surface area contributed by atoms with Crippen LogP contribution in [0.4, 0.5) is 17.6 Å². The maximum atomic E-state index is 5.95. The van der Waals surface area contributed by atoms with Crippen LogP contribution in [0.25, 0.3) is 0 Å². The van der Waals surface area contributed by atoms with Gasteiger partial charge in [-0.15, -0.1) is 0 Å². The third kappa shape index (κ3) is 3.45. The number of nitrogen functional groups attached to an aromatic ring is 1. The van der Waals surface area contributed by atoms with Gasteiger partial charge in [0.2, 0.25) is 11.9 Å². The quantitative estimate of drug-likeness (QED) is 0.894. The summed E-state index contributed by atoms with van der Waals surface area (Å²) in [6.07, 6.45) is 0. The Balaban J connectivity index is 2.29. The molecular weight excluding hydrogens is 266 g/mol. The van der Waals surface area contributed by atoms with E-state index >= 15 is 0 Å². The molecule has 19 heavy (non-hydrogen) atoms. The molecule has 2 aromatic rings. The molecule has 100 valence electrons. The highest BCUT2D eigenvalue weighted by atomic mass is 35.5.